The van der Waals surface area contributed by atoms with E-state index in [2.05, 4.69) is 25.9 Å². The Hall–Kier alpha value is -2.73. The van der Waals surface area contributed by atoms with Crippen LogP contribution < -0.4 is 5.32 Å². The number of nitrogens with one attached hydrogen (secondary N) is 2. The molecule has 3 rings (SSSR count). The Balaban J connectivity index is 1.72. The van der Waals surface area contributed by atoms with E-state index in [1.807, 2.05) is 30.3 Å². The molecule has 0 aliphatic rings. The molecule has 23 heavy (non-hydrogen) atoms. The van der Waals surface area contributed by atoms with Crippen LogP contribution in [0.1, 0.15) is 12.0 Å². The third kappa shape index (κ3) is 3.92. The lowest BCUT2D eigenvalue weighted by atomic mass is 10.1. The summed E-state index contributed by atoms with van der Waals surface area (Å²) in [4.78, 5) is 12.2. The second kappa shape index (κ2) is 7.02. The SMILES string of the molecule is O=C(CCc1ccccc1)Nc1cc(Cl)ccc1-c1nnn[nH]1. The number of hydrogen-bond acceptors (Lipinski definition) is 4. The summed E-state index contributed by atoms with van der Waals surface area (Å²) in [6.07, 6.45) is 1.05. The van der Waals surface area contributed by atoms with E-state index in [1.165, 1.54) is 0 Å². The molecule has 6 nitrogen and oxygen atoms in total. The van der Waals surface area contributed by atoms with Crippen molar-refractivity contribution in [3.63, 3.8) is 0 Å². The number of nitrogens with zero attached hydrogens (tertiary/aromatic N) is 3. The van der Waals surface area contributed by atoms with E-state index < -0.39 is 0 Å². The predicted octanol–water partition coefficient (Wildman–Crippen LogP) is 3.09. The maximum atomic E-state index is 12.2. The van der Waals surface area contributed by atoms with Gasteiger partial charge in [-0.1, -0.05) is 41.9 Å². The van der Waals surface area contributed by atoms with Crippen molar-refractivity contribution in [2.24, 2.45) is 0 Å². The van der Waals surface area contributed by atoms with Gasteiger partial charge in [0.1, 0.15) is 0 Å². The molecular weight excluding hydrogens is 314 g/mol. The number of aromatic amines is 1. The zero-order valence-electron chi connectivity index (χ0n) is 12.2. The molecule has 3 aromatic rings. The van der Waals surface area contributed by atoms with Crippen molar-refractivity contribution in [1.29, 1.82) is 0 Å². The minimum absolute atomic E-state index is 0.0927. The first-order chi connectivity index (χ1) is 11.2. The number of rotatable bonds is 5. The highest BCUT2D eigenvalue weighted by molar-refractivity contribution is 6.31. The molecule has 0 fully saturated rings. The summed E-state index contributed by atoms with van der Waals surface area (Å²) >= 11 is 6.02. The number of amides is 1. The van der Waals surface area contributed by atoms with Crippen LogP contribution in [0.15, 0.2) is 48.5 Å². The summed E-state index contributed by atoms with van der Waals surface area (Å²) in [7, 11) is 0. The topological polar surface area (TPSA) is 83.6 Å². The molecule has 0 radical (unpaired) electrons. The van der Waals surface area contributed by atoms with Crippen LogP contribution >= 0.6 is 11.6 Å². The number of benzene rings is 2. The molecule has 0 saturated carbocycles. The lowest BCUT2D eigenvalue weighted by molar-refractivity contribution is -0.116. The Morgan fingerprint density at radius 3 is 2.74 bits per heavy atom. The molecule has 0 saturated heterocycles. The average Bonchev–Trinajstić information content (AvgIpc) is 3.08. The number of anilines is 1. The fourth-order valence-corrected chi connectivity index (χ4v) is 2.39. The monoisotopic (exact) mass is 327 g/mol. The van der Waals surface area contributed by atoms with Gasteiger partial charge >= 0.3 is 0 Å². The molecular formula is C16H14ClN5O. The van der Waals surface area contributed by atoms with Crippen LogP contribution in [0.2, 0.25) is 5.02 Å². The maximum absolute atomic E-state index is 12.2. The summed E-state index contributed by atoms with van der Waals surface area (Å²) in [5.41, 5.74) is 2.38. The molecule has 0 atom stereocenters. The second-order valence-electron chi connectivity index (χ2n) is 4.97. The van der Waals surface area contributed by atoms with Crippen LogP contribution in [0.25, 0.3) is 11.4 Å². The third-order valence-electron chi connectivity index (χ3n) is 3.34. The normalized spacial score (nSPS) is 10.5. The van der Waals surface area contributed by atoms with E-state index >= 15 is 0 Å². The van der Waals surface area contributed by atoms with Gasteiger partial charge in [-0.25, -0.2) is 5.10 Å². The molecule has 2 aromatic carbocycles. The number of halogens is 1. The Labute approximate surface area is 137 Å². The van der Waals surface area contributed by atoms with Crippen LogP contribution in [-0.4, -0.2) is 26.5 Å². The molecule has 1 heterocycles. The van der Waals surface area contributed by atoms with Gasteiger partial charge < -0.3 is 5.32 Å². The van der Waals surface area contributed by atoms with Gasteiger partial charge in [0.05, 0.1) is 5.69 Å². The van der Waals surface area contributed by atoms with E-state index in [9.17, 15) is 4.79 Å². The van der Waals surface area contributed by atoms with Crippen LogP contribution in [0.4, 0.5) is 5.69 Å². The first-order valence-electron chi connectivity index (χ1n) is 7.10. The zero-order chi connectivity index (χ0) is 16.1. The van der Waals surface area contributed by atoms with Crippen molar-refractivity contribution >= 4 is 23.2 Å². The van der Waals surface area contributed by atoms with Gasteiger partial charge in [-0.3, -0.25) is 4.79 Å². The molecule has 116 valence electrons. The van der Waals surface area contributed by atoms with Gasteiger partial charge in [0.2, 0.25) is 5.91 Å². The van der Waals surface area contributed by atoms with Crippen LogP contribution in [0.3, 0.4) is 0 Å². The highest BCUT2D eigenvalue weighted by Gasteiger charge is 2.12. The molecule has 0 bridgehead atoms. The largest absolute Gasteiger partial charge is 0.325 e. The zero-order valence-corrected chi connectivity index (χ0v) is 12.9. The Kier molecular flexibility index (Phi) is 4.63. The first-order valence-corrected chi connectivity index (χ1v) is 7.47. The van der Waals surface area contributed by atoms with Gasteiger partial charge in [0.25, 0.3) is 0 Å². The summed E-state index contributed by atoms with van der Waals surface area (Å²) in [6, 6.07) is 15.0. The second-order valence-corrected chi connectivity index (χ2v) is 5.41. The number of carbonyl (C=O) groups is 1. The van der Waals surface area contributed by atoms with E-state index in [1.54, 1.807) is 18.2 Å². The number of hydrogen-bond donors (Lipinski definition) is 2. The van der Waals surface area contributed by atoms with E-state index in [-0.39, 0.29) is 5.91 Å². The van der Waals surface area contributed by atoms with E-state index in [0.29, 0.717) is 34.9 Å². The molecule has 1 aromatic heterocycles. The van der Waals surface area contributed by atoms with Gasteiger partial charge in [-0.2, -0.15) is 0 Å². The van der Waals surface area contributed by atoms with Crippen molar-refractivity contribution < 1.29 is 4.79 Å². The smallest absolute Gasteiger partial charge is 0.224 e. The van der Waals surface area contributed by atoms with Crippen molar-refractivity contribution in [3.8, 4) is 11.4 Å². The predicted molar refractivity (Wildman–Crippen MR) is 88.0 cm³/mol. The molecule has 0 aliphatic heterocycles. The standard InChI is InChI=1S/C16H14ClN5O/c17-12-7-8-13(16-19-21-22-20-16)14(10-12)18-15(23)9-6-11-4-2-1-3-5-11/h1-5,7-8,10H,6,9H2,(H,18,23)(H,19,20,21,22). The molecule has 0 unspecified atom stereocenters. The van der Waals surface area contributed by atoms with Crippen molar-refractivity contribution in [1.82, 2.24) is 20.6 Å². The Bertz CT molecular complexity index is 789. The molecule has 2 N–H and O–H groups in total. The number of aromatic nitrogens is 4. The van der Waals surface area contributed by atoms with Gasteiger partial charge in [0, 0.05) is 17.0 Å². The summed E-state index contributed by atoms with van der Waals surface area (Å²) in [6.45, 7) is 0. The number of aryl methyl sites for hydroxylation is 1. The number of tetrazole rings is 1. The van der Waals surface area contributed by atoms with E-state index in [0.717, 1.165) is 5.56 Å². The van der Waals surface area contributed by atoms with Crippen LogP contribution in [0, 0.1) is 0 Å². The quantitative estimate of drug-likeness (QED) is 0.754. The first kappa shape index (κ1) is 15.2. The lowest BCUT2D eigenvalue weighted by Gasteiger charge is -2.10. The molecule has 0 aliphatic carbocycles. The molecule has 1 amide bonds. The van der Waals surface area contributed by atoms with Crippen molar-refractivity contribution in [2.75, 3.05) is 5.32 Å². The average molecular weight is 328 g/mol. The highest BCUT2D eigenvalue weighted by Crippen LogP contribution is 2.28. The Morgan fingerprint density at radius 2 is 2.00 bits per heavy atom. The summed E-state index contributed by atoms with van der Waals surface area (Å²) < 4.78 is 0. The molecule has 0 spiro atoms. The van der Waals surface area contributed by atoms with Crippen LogP contribution in [-0.2, 0) is 11.2 Å². The van der Waals surface area contributed by atoms with E-state index in [4.69, 9.17) is 11.6 Å². The van der Waals surface area contributed by atoms with Gasteiger partial charge in [-0.15, -0.1) is 5.10 Å². The third-order valence-corrected chi connectivity index (χ3v) is 3.57. The fourth-order valence-electron chi connectivity index (χ4n) is 2.21. The summed E-state index contributed by atoms with van der Waals surface area (Å²) in [5.74, 6) is 0.380. The lowest BCUT2D eigenvalue weighted by Crippen LogP contribution is -2.13. The van der Waals surface area contributed by atoms with Crippen LogP contribution in [0.5, 0.6) is 0 Å². The maximum Gasteiger partial charge on any atom is 0.224 e. The van der Waals surface area contributed by atoms with Crippen molar-refractivity contribution in [3.05, 3.63) is 59.1 Å². The van der Waals surface area contributed by atoms with Gasteiger partial charge in [-0.05, 0) is 40.6 Å². The summed E-state index contributed by atoms with van der Waals surface area (Å²) in [5, 5.41) is 17.0. The Morgan fingerprint density at radius 1 is 1.17 bits per heavy atom. The minimum Gasteiger partial charge on any atom is -0.325 e. The highest BCUT2D eigenvalue weighted by atomic mass is 35.5. The number of H-pyrrole nitrogens is 1. The van der Waals surface area contributed by atoms with Gasteiger partial charge in [0.15, 0.2) is 5.82 Å². The van der Waals surface area contributed by atoms with Crippen molar-refractivity contribution in [2.45, 2.75) is 12.8 Å². The fraction of sp³-hybridized carbons (Fsp3) is 0.125. The number of carbonyl (C=O) groups excluding carboxylic acids is 1. The minimum atomic E-state index is -0.0927. The molecule has 7 heteroatoms.